The molecule has 0 aliphatic carbocycles. The second kappa shape index (κ2) is 7.06. The molecule has 0 saturated heterocycles. The van der Waals surface area contributed by atoms with Gasteiger partial charge in [0.25, 0.3) is 0 Å². The van der Waals surface area contributed by atoms with Crippen molar-refractivity contribution >= 4 is 5.91 Å². The molecule has 2 nitrogen and oxygen atoms in total. The predicted molar refractivity (Wildman–Crippen MR) is 47.0 cm³/mol. The number of allylic oxidation sites excluding steroid dienone is 3. The molecule has 0 unspecified atom stereocenters. The van der Waals surface area contributed by atoms with E-state index >= 15 is 0 Å². The lowest BCUT2D eigenvalue weighted by Gasteiger charge is -1.85. The molecule has 0 rings (SSSR count). The number of hydrogen-bond donors (Lipinski definition) is 1. The van der Waals surface area contributed by atoms with E-state index in [-0.39, 0.29) is 0 Å². The van der Waals surface area contributed by atoms with Gasteiger partial charge in [-0.1, -0.05) is 38.0 Å². The van der Waals surface area contributed by atoms with Gasteiger partial charge in [0.05, 0.1) is 0 Å². The van der Waals surface area contributed by atoms with Gasteiger partial charge in [-0.25, -0.2) is 0 Å². The Morgan fingerprint density at radius 3 is 2.73 bits per heavy atom. The summed E-state index contributed by atoms with van der Waals surface area (Å²) in [6.45, 7) is 2.15. The minimum atomic E-state index is -0.398. The predicted octanol–water partition coefficient (Wildman–Crippen LogP) is 1.77. The standard InChI is InChI=1S/C9H15NO/c1-2-3-4-5-6-7-8-9(10)11/h5-8H,2-4H2,1H3,(H2,10,11)/b6-5+,8-7+. The van der Waals surface area contributed by atoms with Crippen molar-refractivity contribution in [2.45, 2.75) is 26.2 Å². The van der Waals surface area contributed by atoms with E-state index in [1.165, 1.54) is 18.9 Å². The molecular weight excluding hydrogens is 138 g/mol. The lowest BCUT2D eigenvalue weighted by atomic mass is 10.2. The molecule has 0 aliphatic rings. The van der Waals surface area contributed by atoms with Crippen LogP contribution in [-0.4, -0.2) is 5.91 Å². The molecule has 0 aromatic heterocycles. The smallest absolute Gasteiger partial charge is 0.241 e. The van der Waals surface area contributed by atoms with E-state index in [2.05, 4.69) is 6.92 Å². The molecule has 0 spiro atoms. The number of unbranched alkanes of at least 4 members (excludes halogenated alkanes) is 2. The third kappa shape index (κ3) is 8.95. The van der Waals surface area contributed by atoms with Gasteiger partial charge in [0.15, 0.2) is 0 Å². The van der Waals surface area contributed by atoms with Crippen molar-refractivity contribution in [2.24, 2.45) is 5.73 Å². The van der Waals surface area contributed by atoms with Gasteiger partial charge in [0.1, 0.15) is 0 Å². The zero-order valence-electron chi connectivity index (χ0n) is 6.92. The Labute approximate surface area is 67.8 Å². The lowest BCUT2D eigenvalue weighted by molar-refractivity contribution is -0.113. The van der Waals surface area contributed by atoms with Crippen molar-refractivity contribution in [3.8, 4) is 0 Å². The average Bonchev–Trinajstić information content (AvgIpc) is 1.96. The number of primary amides is 1. The molecule has 62 valence electrons. The third-order valence-corrected chi connectivity index (χ3v) is 1.23. The number of rotatable bonds is 5. The Bertz CT molecular complexity index is 159. The van der Waals surface area contributed by atoms with Crippen LogP contribution in [0.3, 0.4) is 0 Å². The van der Waals surface area contributed by atoms with Crippen molar-refractivity contribution in [1.29, 1.82) is 0 Å². The Balaban J connectivity index is 3.36. The molecule has 2 N–H and O–H groups in total. The van der Waals surface area contributed by atoms with Gasteiger partial charge >= 0.3 is 0 Å². The van der Waals surface area contributed by atoms with Crippen LogP contribution in [0.1, 0.15) is 26.2 Å². The van der Waals surface area contributed by atoms with Crippen LogP contribution in [0.4, 0.5) is 0 Å². The van der Waals surface area contributed by atoms with Crippen molar-refractivity contribution in [3.05, 3.63) is 24.3 Å². The summed E-state index contributed by atoms with van der Waals surface area (Å²) in [5.41, 5.74) is 4.87. The van der Waals surface area contributed by atoms with E-state index in [4.69, 9.17) is 5.73 Å². The number of carbonyl (C=O) groups is 1. The Hall–Kier alpha value is -1.05. The average molecular weight is 153 g/mol. The minimum absolute atomic E-state index is 0.398. The molecule has 0 aromatic rings. The first-order chi connectivity index (χ1) is 5.27. The molecule has 0 heterocycles. The lowest BCUT2D eigenvalue weighted by Crippen LogP contribution is -2.04. The molecule has 11 heavy (non-hydrogen) atoms. The zero-order chi connectivity index (χ0) is 8.53. The molecule has 1 amide bonds. The van der Waals surface area contributed by atoms with E-state index in [1.54, 1.807) is 6.08 Å². The van der Waals surface area contributed by atoms with Crippen molar-refractivity contribution in [3.63, 3.8) is 0 Å². The van der Waals surface area contributed by atoms with E-state index in [1.807, 2.05) is 12.2 Å². The minimum Gasteiger partial charge on any atom is -0.366 e. The molecule has 0 saturated carbocycles. The zero-order valence-corrected chi connectivity index (χ0v) is 6.92. The summed E-state index contributed by atoms with van der Waals surface area (Å²) in [6.07, 6.45) is 10.4. The van der Waals surface area contributed by atoms with Crippen LogP contribution in [-0.2, 0) is 4.79 Å². The van der Waals surface area contributed by atoms with Crippen LogP contribution in [0.2, 0.25) is 0 Å². The summed E-state index contributed by atoms with van der Waals surface area (Å²) < 4.78 is 0. The fourth-order valence-electron chi connectivity index (χ4n) is 0.647. The number of nitrogens with two attached hydrogens (primary N) is 1. The summed E-state index contributed by atoms with van der Waals surface area (Å²) in [5, 5.41) is 0. The second-order valence-corrected chi connectivity index (χ2v) is 2.33. The third-order valence-electron chi connectivity index (χ3n) is 1.23. The van der Waals surface area contributed by atoms with Gasteiger partial charge in [0.2, 0.25) is 5.91 Å². The first kappa shape index (κ1) is 9.95. The van der Waals surface area contributed by atoms with E-state index < -0.39 is 5.91 Å². The van der Waals surface area contributed by atoms with Gasteiger partial charge in [0, 0.05) is 6.08 Å². The maximum absolute atomic E-state index is 10.2. The highest BCUT2D eigenvalue weighted by Crippen LogP contribution is 1.94. The van der Waals surface area contributed by atoms with E-state index in [0.29, 0.717) is 0 Å². The SMILES string of the molecule is CCCC/C=C/C=C/C(N)=O. The number of hydrogen-bond acceptors (Lipinski definition) is 1. The highest BCUT2D eigenvalue weighted by Gasteiger charge is 1.78. The van der Waals surface area contributed by atoms with Crippen molar-refractivity contribution in [2.75, 3.05) is 0 Å². The van der Waals surface area contributed by atoms with Crippen LogP contribution in [0.5, 0.6) is 0 Å². The van der Waals surface area contributed by atoms with Gasteiger partial charge in [-0.2, -0.15) is 0 Å². The molecule has 0 aliphatic heterocycles. The highest BCUT2D eigenvalue weighted by atomic mass is 16.1. The van der Waals surface area contributed by atoms with Gasteiger partial charge in [-0.15, -0.1) is 0 Å². The summed E-state index contributed by atoms with van der Waals surface area (Å²) >= 11 is 0. The van der Waals surface area contributed by atoms with Crippen molar-refractivity contribution < 1.29 is 4.79 Å². The van der Waals surface area contributed by atoms with Gasteiger partial charge in [-0.3, -0.25) is 4.79 Å². The second-order valence-electron chi connectivity index (χ2n) is 2.33. The topological polar surface area (TPSA) is 43.1 Å². The fourth-order valence-corrected chi connectivity index (χ4v) is 0.647. The summed E-state index contributed by atoms with van der Waals surface area (Å²) in [5.74, 6) is -0.398. The van der Waals surface area contributed by atoms with Crippen LogP contribution < -0.4 is 5.73 Å². The Morgan fingerprint density at radius 2 is 2.18 bits per heavy atom. The number of amides is 1. The summed E-state index contributed by atoms with van der Waals surface area (Å²) in [4.78, 5) is 10.2. The monoisotopic (exact) mass is 153 g/mol. The molecule has 0 fully saturated rings. The normalized spacial score (nSPS) is 11.4. The van der Waals surface area contributed by atoms with Crippen LogP contribution in [0.15, 0.2) is 24.3 Å². The maximum atomic E-state index is 10.2. The Morgan fingerprint density at radius 1 is 1.45 bits per heavy atom. The van der Waals surface area contributed by atoms with E-state index in [0.717, 1.165) is 6.42 Å². The summed E-state index contributed by atoms with van der Waals surface area (Å²) in [6, 6.07) is 0. The maximum Gasteiger partial charge on any atom is 0.241 e. The molecule has 0 atom stereocenters. The van der Waals surface area contributed by atoms with Crippen molar-refractivity contribution in [1.82, 2.24) is 0 Å². The first-order valence-electron chi connectivity index (χ1n) is 3.90. The molecule has 0 radical (unpaired) electrons. The number of carbonyl (C=O) groups excluding carboxylic acids is 1. The van der Waals surface area contributed by atoms with Crippen LogP contribution in [0, 0.1) is 0 Å². The quantitative estimate of drug-likeness (QED) is 0.365. The molecule has 0 bridgehead atoms. The molecule has 0 aromatic carbocycles. The van der Waals surface area contributed by atoms with Gasteiger partial charge in [-0.05, 0) is 6.42 Å². The summed E-state index contributed by atoms with van der Waals surface area (Å²) in [7, 11) is 0. The Kier molecular flexibility index (Phi) is 6.39. The first-order valence-corrected chi connectivity index (χ1v) is 3.90. The van der Waals surface area contributed by atoms with Gasteiger partial charge < -0.3 is 5.73 Å². The van der Waals surface area contributed by atoms with E-state index in [9.17, 15) is 4.79 Å². The van der Waals surface area contributed by atoms with Crippen LogP contribution >= 0.6 is 0 Å². The molecule has 2 heteroatoms. The fraction of sp³-hybridized carbons (Fsp3) is 0.444. The molecular formula is C9H15NO. The largest absolute Gasteiger partial charge is 0.366 e. The van der Waals surface area contributed by atoms with Crippen LogP contribution in [0.25, 0.3) is 0 Å². The highest BCUT2D eigenvalue weighted by molar-refractivity contribution is 5.85.